The number of carbonyl (C=O) groups is 3. The van der Waals surface area contributed by atoms with Crippen LogP contribution in [-0.2, 0) is 25.5 Å². The zero-order valence-electron chi connectivity index (χ0n) is 17.1. The minimum absolute atomic E-state index is 0.0507. The van der Waals surface area contributed by atoms with Crippen molar-refractivity contribution in [1.29, 1.82) is 0 Å². The van der Waals surface area contributed by atoms with Crippen molar-refractivity contribution < 1.29 is 19.1 Å². The van der Waals surface area contributed by atoms with Gasteiger partial charge in [-0.2, -0.15) is 0 Å². The van der Waals surface area contributed by atoms with Crippen molar-refractivity contribution in [3.05, 3.63) is 71.3 Å². The maximum atomic E-state index is 12.2. The highest BCUT2D eigenvalue weighted by Crippen LogP contribution is 2.17. The van der Waals surface area contributed by atoms with Gasteiger partial charge in [-0.25, -0.2) is 0 Å². The average molecular weight is 396 g/mol. The van der Waals surface area contributed by atoms with Gasteiger partial charge in [0, 0.05) is 6.92 Å². The molecule has 6 heteroatoms. The largest absolute Gasteiger partial charge is 0.456 e. The van der Waals surface area contributed by atoms with E-state index in [1.165, 1.54) is 12.5 Å². The van der Waals surface area contributed by atoms with Gasteiger partial charge in [0.1, 0.15) is 0 Å². The van der Waals surface area contributed by atoms with E-state index in [4.69, 9.17) is 4.74 Å². The van der Waals surface area contributed by atoms with Gasteiger partial charge in [0.25, 0.3) is 5.91 Å². The van der Waals surface area contributed by atoms with E-state index in [0.717, 1.165) is 17.5 Å². The molecule has 0 radical (unpaired) electrons. The Bertz CT molecular complexity index is 819. The Labute approximate surface area is 171 Å². The second-order valence-corrected chi connectivity index (χ2v) is 6.91. The summed E-state index contributed by atoms with van der Waals surface area (Å²) in [5.74, 6) is -1.17. The molecule has 2 rings (SSSR count). The number of hydrogen-bond donors (Lipinski definition) is 2. The smallest absolute Gasteiger partial charge is 0.308 e. The van der Waals surface area contributed by atoms with E-state index in [0.29, 0.717) is 0 Å². The summed E-state index contributed by atoms with van der Waals surface area (Å²) in [6.45, 7) is 4.99. The van der Waals surface area contributed by atoms with Crippen molar-refractivity contribution >= 4 is 17.8 Å². The van der Waals surface area contributed by atoms with Crippen molar-refractivity contribution in [3.8, 4) is 0 Å². The number of amides is 2. The van der Waals surface area contributed by atoms with Crippen molar-refractivity contribution in [3.63, 3.8) is 0 Å². The fourth-order valence-corrected chi connectivity index (χ4v) is 2.96. The zero-order chi connectivity index (χ0) is 21.2. The van der Waals surface area contributed by atoms with E-state index in [-0.39, 0.29) is 30.9 Å². The minimum atomic E-state index is -0.553. The Morgan fingerprint density at radius 3 is 2.17 bits per heavy atom. The summed E-state index contributed by atoms with van der Waals surface area (Å²) >= 11 is 0. The van der Waals surface area contributed by atoms with Gasteiger partial charge in [-0.05, 0) is 30.0 Å². The molecular weight excluding hydrogens is 368 g/mol. The van der Waals surface area contributed by atoms with Crippen LogP contribution in [0.25, 0.3) is 0 Å². The molecule has 0 fully saturated rings. The molecule has 0 saturated heterocycles. The topological polar surface area (TPSA) is 84.5 Å². The summed E-state index contributed by atoms with van der Waals surface area (Å²) in [4.78, 5) is 35.8. The number of carbonyl (C=O) groups excluding carboxylic acids is 3. The van der Waals surface area contributed by atoms with Gasteiger partial charge in [0.15, 0.2) is 6.61 Å². The first-order valence-corrected chi connectivity index (χ1v) is 9.75. The monoisotopic (exact) mass is 396 g/mol. The number of nitrogens with one attached hydrogen (secondary N) is 2. The maximum Gasteiger partial charge on any atom is 0.308 e. The predicted octanol–water partition coefficient (Wildman–Crippen LogP) is 3.24. The van der Waals surface area contributed by atoms with Crippen LogP contribution in [0.3, 0.4) is 0 Å². The maximum absolute atomic E-state index is 12.2. The summed E-state index contributed by atoms with van der Waals surface area (Å²) in [6, 6.07) is 16.5. The highest BCUT2D eigenvalue weighted by Gasteiger charge is 2.19. The molecule has 29 heavy (non-hydrogen) atoms. The summed E-state index contributed by atoms with van der Waals surface area (Å²) in [7, 11) is 0. The molecule has 2 atom stereocenters. The molecule has 154 valence electrons. The fraction of sp³-hybridized carbons (Fsp3) is 0.348. The lowest BCUT2D eigenvalue weighted by molar-refractivity contribution is -0.149. The highest BCUT2D eigenvalue weighted by atomic mass is 16.5. The Hall–Kier alpha value is -3.15. The van der Waals surface area contributed by atoms with E-state index in [1.807, 2.05) is 61.5 Å². The van der Waals surface area contributed by atoms with Crippen LogP contribution in [0.15, 0.2) is 54.6 Å². The van der Waals surface area contributed by atoms with Crippen LogP contribution in [0.4, 0.5) is 0 Å². The number of benzene rings is 2. The molecule has 0 spiro atoms. The number of esters is 1. The van der Waals surface area contributed by atoms with Gasteiger partial charge in [0.2, 0.25) is 5.91 Å². The van der Waals surface area contributed by atoms with Crippen molar-refractivity contribution in [2.24, 2.45) is 0 Å². The third-order valence-electron chi connectivity index (χ3n) is 4.58. The van der Waals surface area contributed by atoms with E-state index >= 15 is 0 Å². The Kier molecular flexibility index (Phi) is 8.40. The molecule has 2 aromatic carbocycles. The summed E-state index contributed by atoms with van der Waals surface area (Å²) in [5, 5.41) is 5.56. The molecule has 2 amide bonds. The van der Waals surface area contributed by atoms with Crippen molar-refractivity contribution in [1.82, 2.24) is 10.6 Å². The molecule has 0 aliphatic heterocycles. The minimum Gasteiger partial charge on any atom is -0.456 e. The van der Waals surface area contributed by atoms with Gasteiger partial charge in [-0.3, -0.25) is 14.4 Å². The Balaban J connectivity index is 1.84. The lowest BCUT2D eigenvalue weighted by Crippen LogP contribution is -2.32. The summed E-state index contributed by atoms with van der Waals surface area (Å²) < 4.78 is 5.11. The van der Waals surface area contributed by atoms with Gasteiger partial charge >= 0.3 is 5.97 Å². The normalized spacial score (nSPS) is 12.5. The van der Waals surface area contributed by atoms with Crippen LogP contribution in [0.1, 0.15) is 56.0 Å². The molecule has 2 aromatic rings. The third kappa shape index (κ3) is 7.41. The van der Waals surface area contributed by atoms with Crippen molar-refractivity contribution in [2.75, 3.05) is 6.61 Å². The standard InChI is InChI=1S/C23H28N2O4/c1-4-18-10-12-19(13-11-18)16(2)24-22(27)15-29-23(28)14-21(25-17(3)26)20-8-6-5-7-9-20/h5-13,16,21H,4,14-15H2,1-3H3,(H,24,27)(H,25,26)/t16-,21-/m1/s1. The third-order valence-corrected chi connectivity index (χ3v) is 4.58. The van der Waals surface area contributed by atoms with Crippen molar-refractivity contribution in [2.45, 2.75) is 45.7 Å². The van der Waals surface area contributed by atoms with Crippen LogP contribution in [0.2, 0.25) is 0 Å². The molecule has 6 nitrogen and oxygen atoms in total. The molecule has 0 aliphatic rings. The predicted molar refractivity (Wildman–Crippen MR) is 111 cm³/mol. The second-order valence-electron chi connectivity index (χ2n) is 6.91. The number of hydrogen-bond acceptors (Lipinski definition) is 4. The van der Waals surface area contributed by atoms with E-state index in [9.17, 15) is 14.4 Å². The highest BCUT2D eigenvalue weighted by molar-refractivity contribution is 5.81. The summed E-state index contributed by atoms with van der Waals surface area (Å²) in [6.07, 6.45) is 0.907. The van der Waals surface area contributed by atoms with E-state index in [2.05, 4.69) is 17.6 Å². The second kappa shape index (κ2) is 11.0. The van der Waals surface area contributed by atoms with Crippen LogP contribution >= 0.6 is 0 Å². The van der Waals surface area contributed by atoms with Crippen LogP contribution < -0.4 is 10.6 Å². The lowest BCUT2D eigenvalue weighted by Gasteiger charge is -2.18. The molecular formula is C23H28N2O4. The molecule has 0 heterocycles. The first-order valence-electron chi connectivity index (χ1n) is 9.75. The summed E-state index contributed by atoms with van der Waals surface area (Å²) in [5.41, 5.74) is 3.01. The molecule has 0 aliphatic carbocycles. The quantitative estimate of drug-likeness (QED) is 0.638. The van der Waals surface area contributed by atoms with E-state index in [1.54, 1.807) is 0 Å². The molecule has 0 unspecified atom stereocenters. The molecule has 0 bridgehead atoms. The van der Waals surface area contributed by atoms with Crippen LogP contribution in [0.5, 0.6) is 0 Å². The number of aryl methyl sites for hydroxylation is 1. The van der Waals surface area contributed by atoms with Gasteiger partial charge in [-0.15, -0.1) is 0 Å². The van der Waals surface area contributed by atoms with Crippen LogP contribution in [-0.4, -0.2) is 24.4 Å². The van der Waals surface area contributed by atoms with Gasteiger partial charge in [0.05, 0.1) is 18.5 Å². The zero-order valence-corrected chi connectivity index (χ0v) is 17.1. The molecule has 0 aromatic heterocycles. The number of ether oxygens (including phenoxy) is 1. The first kappa shape index (κ1) is 22.1. The van der Waals surface area contributed by atoms with Gasteiger partial charge < -0.3 is 15.4 Å². The van der Waals surface area contributed by atoms with Crippen LogP contribution in [0, 0.1) is 0 Å². The first-order chi connectivity index (χ1) is 13.9. The fourth-order valence-electron chi connectivity index (χ4n) is 2.96. The Morgan fingerprint density at radius 2 is 1.59 bits per heavy atom. The average Bonchev–Trinajstić information content (AvgIpc) is 2.72. The SMILES string of the molecule is CCc1ccc([C@@H](C)NC(=O)COC(=O)C[C@@H](NC(C)=O)c2ccccc2)cc1. The molecule has 2 N–H and O–H groups in total. The Morgan fingerprint density at radius 1 is 0.931 bits per heavy atom. The number of rotatable bonds is 9. The molecule has 0 saturated carbocycles. The van der Waals surface area contributed by atoms with Gasteiger partial charge in [-0.1, -0.05) is 61.5 Å². The lowest BCUT2D eigenvalue weighted by atomic mass is 10.0. The van der Waals surface area contributed by atoms with E-state index < -0.39 is 12.0 Å².